The van der Waals surface area contributed by atoms with Crippen LogP contribution in [0.2, 0.25) is 0 Å². The van der Waals surface area contributed by atoms with Gasteiger partial charge in [0.05, 0.1) is 12.7 Å². The van der Waals surface area contributed by atoms with E-state index in [0.717, 1.165) is 4.57 Å². The number of nitrogen functional groups attached to an aromatic ring is 1. The first-order valence-electron chi connectivity index (χ1n) is 5.61. The van der Waals surface area contributed by atoms with Crippen LogP contribution in [-0.2, 0) is 4.74 Å². The van der Waals surface area contributed by atoms with Crippen LogP contribution in [-0.4, -0.2) is 44.8 Å². The maximum absolute atomic E-state index is 13.1. The first-order valence-corrected chi connectivity index (χ1v) is 6.02. The Morgan fingerprint density at radius 3 is 2.65 bits per heavy atom. The summed E-state index contributed by atoms with van der Waals surface area (Å²) in [4.78, 5) is 3.67. The molecule has 0 bridgehead atoms. The number of nitrogens with zero attached hydrogens (tertiary/aromatic N) is 2. The maximum Gasteiger partial charge on any atom is 0.398 e. The van der Waals surface area contributed by atoms with Gasteiger partial charge in [-0.2, -0.15) is 13.2 Å². The summed E-state index contributed by atoms with van der Waals surface area (Å²) >= 11 is 4.85. The second kappa shape index (κ2) is 5.28. The van der Waals surface area contributed by atoms with Gasteiger partial charge in [-0.05, 0) is 18.3 Å². The van der Waals surface area contributed by atoms with Gasteiger partial charge in [-0.25, -0.2) is 4.98 Å². The van der Waals surface area contributed by atoms with Gasteiger partial charge >= 0.3 is 6.18 Å². The van der Waals surface area contributed by atoms with Crippen molar-refractivity contribution >= 4 is 18.0 Å². The lowest BCUT2D eigenvalue weighted by molar-refractivity contribution is -0.211. The molecule has 2 rings (SSSR count). The van der Waals surface area contributed by atoms with Crippen LogP contribution >= 0.6 is 12.2 Å². The smallest absolute Gasteiger partial charge is 0.394 e. The molecule has 1 aliphatic rings. The van der Waals surface area contributed by atoms with Gasteiger partial charge in [-0.15, -0.1) is 0 Å². The quantitative estimate of drug-likeness (QED) is 0.694. The van der Waals surface area contributed by atoms with Crippen LogP contribution in [0.4, 0.5) is 19.0 Å². The number of anilines is 1. The van der Waals surface area contributed by atoms with Crippen LogP contribution in [0, 0.1) is 10.7 Å². The number of ether oxygens (including phenoxy) is 1. The monoisotopic (exact) mass is 311 g/mol. The molecule has 20 heavy (non-hydrogen) atoms. The molecule has 1 saturated heterocycles. The highest BCUT2D eigenvalue weighted by molar-refractivity contribution is 7.71. The van der Waals surface area contributed by atoms with Gasteiger partial charge in [0.25, 0.3) is 0 Å². The minimum atomic E-state index is -4.72. The molecule has 0 radical (unpaired) electrons. The molecular formula is C10H12F3N3O3S. The van der Waals surface area contributed by atoms with Crippen molar-refractivity contribution in [1.82, 2.24) is 9.55 Å². The van der Waals surface area contributed by atoms with Gasteiger partial charge in [0, 0.05) is 6.20 Å². The van der Waals surface area contributed by atoms with Crippen molar-refractivity contribution in [2.45, 2.75) is 24.6 Å². The van der Waals surface area contributed by atoms with Crippen molar-refractivity contribution in [2.24, 2.45) is 5.92 Å². The van der Waals surface area contributed by atoms with Crippen LogP contribution in [0.5, 0.6) is 0 Å². The van der Waals surface area contributed by atoms with E-state index in [4.69, 9.17) is 27.8 Å². The molecular weight excluding hydrogens is 299 g/mol. The van der Waals surface area contributed by atoms with E-state index < -0.39 is 37.1 Å². The van der Waals surface area contributed by atoms with Crippen LogP contribution in [0.1, 0.15) is 6.23 Å². The highest BCUT2D eigenvalue weighted by atomic mass is 32.1. The topological polar surface area (TPSA) is 93.5 Å². The molecule has 1 fully saturated rings. The number of rotatable bonds is 2. The summed E-state index contributed by atoms with van der Waals surface area (Å²) in [6, 6.07) is 1.27. The molecule has 0 aliphatic carbocycles. The number of aliphatic hydroxyl groups excluding tert-OH is 2. The molecule has 10 heteroatoms. The predicted molar refractivity (Wildman–Crippen MR) is 64.0 cm³/mol. The van der Waals surface area contributed by atoms with E-state index in [9.17, 15) is 18.3 Å². The molecule has 6 nitrogen and oxygen atoms in total. The molecule has 1 unspecified atom stereocenters. The molecule has 4 N–H and O–H groups in total. The zero-order valence-electron chi connectivity index (χ0n) is 9.99. The number of aliphatic hydroxyl groups is 2. The molecule has 4 atom stereocenters. The average Bonchev–Trinajstić information content (AvgIpc) is 2.65. The molecule has 1 aromatic rings. The van der Waals surface area contributed by atoms with Crippen LogP contribution in [0.25, 0.3) is 0 Å². The van der Waals surface area contributed by atoms with Gasteiger partial charge in [0.15, 0.2) is 6.23 Å². The van der Waals surface area contributed by atoms with Crippen molar-refractivity contribution in [2.75, 3.05) is 12.3 Å². The summed E-state index contributed by atoms with van der Waals surface area (Å²) < 4.78 is 45.0. The molecule has 0 saturated carbocycles. The maximum atomic E-state index is 13.1. The van der Waals surface area contributed by atoms with E-state index in [1.54, 1.807) is 0 Å². The van der Waals surface area contributed by atoms with Gasteiger partial charge in [0.1, 0.15) is 17.8 Å². The van der Waals surface area contributed by atoms with E-state index in [-0.39, 0.29) is 10.6 Å². The third-order valence-corrected chi connectivity index (χ3v) is 3.36. The molecule has 0 aromatic carbocycles. The van der Waals surface area contributed by atoms with Gasteiger partial charge in [-0.3, -0.25) is 4.57 Å². The van der Waals surface area contributed by atoms with Crippen molar-refractivity contribution in [3.8, 4) is 0 Å². The number of alkyl halides is 3. The lowest BCUT2D eigenvalue weighted by Crippen LogP contribution is -2.38. The fourth-order valence-corrected chi connectivity index (χ4v) is 2.38. The van der Waals surface area contributed by atoms with Gasteiger partial charge in [-0.1, -0.05) is 0 Å². The number of nitrogens with two attached hydrogens (primary N) is 1. The normalized spacial score (nSPS) is 30.6. The summed E-state index contributed by atoms with van der Waals surface area (Å²) in [6.45, 7) is -0.736. The van der Waals surface area contributed by atoms with Crippen LogP contribution in [0.3, 0.4) is 0 Å². The van der Waals surface area contributed by atoms with Crippen molar-refractivity contribution in [3.63, 3.8) is 0 Å². The molecule has 1 aromatic heterocycles. The van der Waals surface area contributed by atoms with E-state index in [1.165, 1.54) is 12.3 Å². The summed E-state index contributed by atoms with van der Waals surface area (Å²) in [5.41, 5.74) is 5.38. The third kappa shape index (κ3) is 2.64. The van der Waals surface area contributed by atoms with Crippen LogP contribution < -0.4 is 5.73 Å². The number of hydrogen-bond donors (Lipinski definition) is 3. The van der Waals surface area contributed by atoms with Crippen molar-refractivity contribution in [3.05, 3.63) is 17.0 Å². The molecule has 0 spiro atoms. The van der Waals surface area contributed by atoms with E-state index in [2.05, 4.69) is 4.98 Å². The fourth-order valence-electron chi connectivity index (χ4n) is 2.11. The predicted octanol–water partition coefficient (Wildman–Crippen LogP) is 0.624. The molecule has 1 aliphatic heterocycles. The van der Waals surface area contributed by atoms with Gasteiger partial charge in [0.2, 0.25) is 4.77 Å². The Hall–Kier alpha value is -1.23. The Bertz CT molecular complexity index is 551. The third-order valence-electron chi connectivity index (χ3n) is 3.05. The minimum absolute atomic E-state index is 0.0621. The lowest BCUT2D eigenvalue weighted by atomic mass is 9.99. The average molecular weight is 311 g/mol. The number of aromatic nitrogens is 2. The van der Waals surface area contributed by atoms with E-state index >= 15 is 0 Å². The standard InChI is InChI=1S/C10H12F3N3O3S/c11-10(12,13)6-7(18)4(3-17)19-8(6)16-2-1-5(14)15-9(16)20/h1-2,4,6-8,17-18H,3H2,(H2,14,15,20)/t4-,6+,7?,8-/m1/s1. The van der Waals surface area contributed by atoms with Gasteiger partial charge < -0.3 is 20.7 Å². The second-order valence-corrected chi connectivity index (χ2v) is 4.71. The summed E-state index contributed by atoms with van der Waals surface area (Å²) in [5.74, 6) is -2.15. The Labute approximate surface area is 116 Å². The van der Waals surface area contributed by atoms with Crippen molar-refractivity contribution < 1.29 is 28.1 Å². The Kier molecular flexibility index (Phi) is 4.00. The largest absolute Gasteiger partial charge is 0.398 e. The van der Waals surface area contributed by atoms with Crippen LogP contribution in [0.15, 0.2) is 12.3 Å². The molecule has 0 amide bonds. The minimum Gasteiger partial charge on any atom is -0.394 e. The Morgan fingerprint density at radius 2 is 2.15 bits per heavy atom. The second-order valence-electron chi connectivity index (χ2n) is 4.35. The highest BCUT2D eigenvalue weighted by Gasteiger charge is 2.57. The summed E-state index contributed by atoms with van der Waals surface area (Å²) in [6.07, 6.45) is -8.33. The summed E-state index contributed by atoms with van der Waals surface area (Å²) in [7, 11) is 0. The zero-order valence-corrected chi connectivity index (χ0v) is 10.8. The molecule has 2 heterocycles. The lowest BCUT2D eigenvalue weighted by Gasteiger charge is -2.24. The Morgan fingerprint density at radius 1 is 1.50 bits per heavy atom. The Balaban J connectivity index is 2.45. The zero-order chi connectivity index (χ0) is 15.1. The first-order chi connectivity index (χ1) is 9.25. The highest BCUT2D eigenvalue weighted by Crippen LogP contribution is 2.44. The van der Waals surface area contributed by atoms with E-state index in [0.29, 0.717) is 0 Å². The summed E-state index contributed by atoms with van der Waals surface area (Å²) in [5, 5.41) is 18.6. The molecule has 112 valence electrons. The van der Waals surface area contributed by atoms with Crippen molar-refractivity contribution in [1.29, 1.82) is 0 Å². The van der Waals surface area contributed by atoms with E-state index in [1.807, 2.05) is 0 Å². The SMILES string of the molecule is Nc1ccn([C@@H]2O[C@H](CO)C(O)[C@@H]2C(F)(F)F)c(=S)n1. The first kappa shape index (κ1) is 15.2. The number of halogens is 3. The fraction of sp³-hybridized carbons (Fsp3) is 0.600. The number of hydrogen-bond acceptors (Lipinski definition) is 6.